The summed E-state index contributed by atoms with van der Waals surface area (Å²) in [6.07, 6.45) is 3.01. The fourth-order valence-corrected chi connectivity index (χ4v) is 3.80. The van der Waals surface area contributed by atoms with E-state index in [2.05, 4.69) is 16.9 Å². The predicted molar refractivity (Wildman–Crippen MR) is 108 cm³/mol. The van der Waals surface area contributed by atoms with Gasteiger partial charge < -0.3 is 20.2 Å². The molecule has 3 N–H and O–H groups in total. The fraction of sp³-hybridized carbons (Fsp3) is 0.526. The van der Waals surface area contributed by atoms with Crippen molar-refractivity contribution in [2.45, 2.75) is 51.2 Å². The van der Waals surface area contributed by atoms with Gasteiger partial charge in [0, 0.05) is 17.9 Å². The Bertz CT molecular complexity index is 774. The number of thioether (sulfide) groups is 1. The average Bonchev–Trinajstić information content (AvgIpc) is 3.03. The largest absolute Gasteiger partial charge is 0.489 e. The lowest BCUT2D eigenvalue weighted by atomic mass is 10.0. The number of rotatable bonds is 9. The van der Waals surface area contributed by atoms with Crippen molar-refractivity contribution in [3.8, 4) is 5.75 Å². The number of carbonyl (C=O) groups is 1. The van der Waals surface area contributed by atoms with Crippen LogP contribution in [-0.4, -0.2) is 34.9 Å². The van der Waals surface area contributed by atoms with E-state index in [0.717, 1.165) is 11.5 Å². The first-order valence-corrected chi connectivity index (χ1v) is 9.95. The van der Waals surface area contributed by atoms with Gasteiger partial charge in [0.25, 0.3) is 0 Å². The number of nitrogens with one attached hydrogen (secondary N) is 1. The lowest BCUT2D eigenvalue weighted by Gasteiger charge is -2.24. The van der Waals surface area contributed by atoms with E-state index in [1.807, 2.05) is 13.8 Å². The Morgan fingerprint density at radius 1 is 1.59 bits per heavy atom. The average molecular weight is 394 g/mol. The van der Waals surface area contributed by atoms with Crippen LogP contribution >= 0.6 is 11.8 Å². The van der Waals surface area contributed by atoms with E-state index in [0.29, 0.717) is 23.7 Å². The van der Waals surface area contributed by atoms with Gasteiger partial charge in [-0.3, -0.25) is 9.79 Å². The maximum absolute atomic E-state index is 12.9. The van der Waals surface area contributed by atoms with Gasteiger partial charge in [0.15, 0.2) is 0 Å². The second kappa shape index (κ2) is 9.23. The molecule has 0 saturated carbocycles. The third-order valence-electron chi connectivity index (χ3n) is 4.09. The molecule has 1 aromatic heterocycles. The molecule has 2 heterocycles. The maximum atomic E-state index is 12.9. The molecule has 3 atom stereocenters. The van der Waals surface area contributed by atoms with Crippen molar-refractivity contribution in [2.75, 3.05) is 12.4 Å². The minimum absolute atomic E-state index is 0.201. The van der Waals surface area contributed by atoms with E-state index >= 15 is 0 Å². The van der Waals surface area contributed by atoms with Crippen molar-refractivity contribution in [1.82, 2.24) is 5.32 Å². The van der Waals surface area contributed by atoms with Crippen LogP contribution in [0.3, 0.4) is 0 Å². The standard InChI is InChI=1S/C19H27N3O4S/c1-5-7-14(15-9-13(25-8-6-2)10-16(23)26-15)21-18(24)19(4)11-27-17(22-19)12(3)20/h6,9-10,12,14H,2,5,7-8,11,20H2,1,3-4H3,(H,21,24). The molecule has 3 unspecified atom stereocenters. The van der Waals surface area contributed by atoms with Crippen LogP contribution in [0.15, 0.2) is 39.0 Å². The molecule has 0 saturated heterocycles. The van der Waals surface area contributed by atoms with Crippen molar-refractivity contribution < 1.29 is 13.9 Å². The van der Waals surface area contributed by atoms with Gasteiger partial charge in [-0.2, -0.15) is 0 Å². The smallest absolute Gasteiger partial charge is 0.339 e. The number of carbonyl (C=O) groups excluding carboxylic acids is 1. The van der Waals surface area contributed by atoms with Gasteiger partial charge in [-0.25, -0.2) is 4.79 Å². The minimum atomic E-state index is -0.892. The molecule has 1 aliphatic rings. The van der Waals surface area contributed by atoms with Crippen LogP contribution in [0.2, 0.25) is 0 Å². The molecule has 0 bridgehead atoms. The van der Waals surface area contributed by atoms with E-state index in [4.69, 9.17) is 14.9 Å². The number of hydrogen-bond acceptors (Lipinski definition) is 7. The Hall–Kier alpha value is -2.06. The normalized spacial score (nSPS) is 21.3. The van der Waals surface area contributed by atoms with Gasteiger partial charge in [-0.15, -0.1) is 11.8 Å². The van der Waals surface area contributed by atoms with Gasteiger partial charge in [0.1, 0.15) is 23.7 Å². The highest BCUT2D eigenvalue weighted by molar-refractivity contribution is 8.14. The van der Waals surface area contributed by atoms with Gasteiger partial charge in [0.2, 0.25) is 5.91 Å². The number of ether oxygens (including phenoxy) is 1. The third kappa shape index (κ3) is 5.46. The van der Waals surface area contributed by atoms with Crippen molar-refractivity contribution in [3.05, 3.63) is 41.0 Å². The number of nitrogens with zero attached hydrogens (tertiary/aromatic N) is 1. The summed E-state index contributed by atoms with van der Waals surface area (Å²) in [6, 6.07) is 2.26. The molecule has 148 valence electrons. The van der Waals surface area contributed by atoms with Crippen LogP contribution < -0.4 is 21.4 Å². The summed E-state index contributed by atoms with van der Waals surface area (Å²) in [5.74, 6) is 1.06. The molecule has 0 fully saturated rings. The van der Waals surface area contributed by atoms with E-state index in [9.17, 15) is 9.59 Å². The summed E-state index contributed by atoms with van der Waals surface area (Å²) in [5, 5.41) is 3.75. The zero-order valence-electron chi connectivity index (χ0n) is 16.0. The summed E-state index contributed by atoms with van der Waals surface area (Å²) in [4.78, 5) is 29.3. The first-order chi connectivity index (χ1) is 12.8. The zero-order chi connectivity index (χ0) is 20.0. The van der Waals surface area contributed by atoms with Crippen molar-refractivity contribution in [3.63, 3.8) is 0 Å². The Morgan fingerprint density at radius 3 is 2.93 bits per heavy atom. The quantitative estimate of drug-likeness (QED) is 0.624. The Morgan fingerprint density at radius 2 is 2.33 bits per heavy atom. The van der Waals surface area contributed by atoms with Crippen molar-refractivity contribution in [1.29, 1.82) is 0 Å². The molecule has 0 spiro atoms. The topological polar surface area (TPSA) is 107 Å². The molecule has 7 nitrogen and oxygen atoms in total. The van der Waals surface area contributed by atoms with Gasteiger partial charge in [0.05, 0.1) is 17.2 Å². The lowest BCUT2D eigenvalue weighted by Crippen LogP contribution is -2.45. The summed E-state index contributed by atoms with van der Waals surface area (Å²) >= 11 is 1.50. The van der Waals surface area contributed by atoms with Gasteiger partial charge in [-0.1, -0.05) is 26.0 Å². The van der Waals surface area contributed by atoms with Crippen LogP contribution in [0.5, 0.6) is 5.75 Å². The van der Waals surface area contributed by atoms with E-state index in [1.165, 1.54) is 17.8 Å². The first-order valence-electron chi connectivity index (χ1n) is 8.97. The summed E-state index contributed by atoms with van der Waals surface area (Å²) < 4.78 is 10.8. The number of nitrogens with two attached hydrogens (primary N) is 1. The van der Waals surface area contributed by atoms with Crippen molar-refractivity contribution in [2.24, 2.45) is 10.7 Å². The molecular weight excluding hydrogens is 366 g/mol. The second-order valence-corrected chi connectivity index (χ2v) is 7.73. The highest BCUT2D eigenvalue weighted by Crippen LogP contribution is 2.30. The molecule has 27 heavy (non-hydrogen) atoms. The third-order valence-corrected chi connectivity index (χ3v) is 5.56. The second-order valence-electron chi connectivity index (χ2n) is 6.73. The molecule has 0 aromatic carbocycles. The van der Waals surface area contributed by atoms with Gasteiger partial charge >= 0.3 is 5.63 Å². The van der Waals surface area contributed by atoms with Crippen LogP contribution in [-0.2, 0) is 4.79 Å². The van der Waals surface area contributed by atoms with Crippen molar-refractivity contribution >= 4 is 22.7 Å². The molecule has 0 aliphatic carbocycles. The number of hydrogen-bond donors (Lipinski definition) is 2. The molecule has 0 radical (unpaired) electrons. The SMILES string of the molecule is C=CCOc1cc(C(CCC)NC(=O)C2(C)CSC(C(C)N)=N2)oc(=O)c1. The molecule has 1 amide bonds. The Balaban J connectivity index is 2.23. The Kier molecular flexibility index (Phi) is 7.26. The minimum Gasteiger partial charge on any atom is -0.489 e. The van der Waals surface area contributed by atoms with E-state index in [-0.39, 0.29) is 18.6 Å². The highest BCUT2D eigenvalue weighted by Gasteiger charge is 2.40. The molecular formula is C19H27N3O4S. The van der Waals surface area contributed by atoms with Crippen LogP contribution in [0.1, 0.15) is 45.4 Å². The van der Waals surface area contributed by atoms with E-state index < -0.39 is 17.2 Å². The zero-order valence-corrected chi connectivity index (χ0v) is 16.8. The number of amides is 1. The fourth-order valence-electron chi connectivity index (χ4n) is 2.64. The highest BCUT2D eigenvalue weighted by atomic mass is 32.2. The van der Waals surface area contributed by atoms with E-state index in [1.54, 1.807) is 19.1 Å². The lowest BCUT2D eigenvalue weighted by molar-refractivity contribution is -0.125. The summed E-state index contributed by atoms with van der Waals surface area (Å²) in [7, 11) is 0. The predicted octanol–water partition coefficient (Wildman–Crippen LogP) is 2.41. The van der Waals surface area contributed by atoms with Gasteiger partial charge in [-0.05, 0) is 20.3 Å². The van der Waals surface area contributed by atoms with Crippen LogP contribution in [0.25, 0.3) is 0 Å². The molecule has 2 rings (SSSR count). The van der Waals surface area contributed by atoms with Crippen LogP contribution in [0, 0.1) is 0 Å². The molecule has 1 aromatic rings. The maximum Gasteiger partial charge on any atom is 0.339 e. The number of aliphatic imine (C=N–C) groups is 1. The molecule has 1 aliphatic heterocycles. The summed E-state index contributed by atoms with van der Waals surface area (Å²) in [6.45, 7) is 9.49. The first kappa shape index (κ1) is 21.2. The summed E-state index contributed by atoms with van der Waals surface area (Å²) in [5.41, 5.74) is 4.46. The molecule has 8 heteroatoms. The van der Waals surface area contributed by atoms with Crippen LogP contribution in [0.4, 0.5) is 0 Å². The monoisotopic (exact) mass is 393 g/mol. The Labute approximate surface area is 163 Å².